The van der Waals surface area contributed by atoms with Crippen molar-refractivity contribution in [1.82, 2.24) is 10.2 Å². The molecule has 0 saturated carbocycles. The normalized spacial score (nSPS) is 10.8. The summed E-state index contributed by atoms with van der Waals surface area (Å²) in [5.41, 5.74) is 1.15. The van der Waals surface area contributed by atoms with Gasteiger partial charge in [0.15, 0.2) is 0 Å². The second-order valence-corrected chi connectivity index (χ2v) is 5.90. The summed E-state index contributed by atoms with van der Waals surface area (Å²) in [4.78, 5) is 0. The lowest BCUT2D eigenvalue weighted by Gasteiger charge is -2.01. The summed E-state index contributed by atoms with van der Waals surface area (Å²) in [5, 5.41) is 9.40. The van der Waals surface area contributed by atoms with Crippen LogP contribution in [0.3, 0.4) is 0 Å². The Hall–Kier alpha value is -0.650. The Morgan fingerprint density at radius 3 is 2.89 bits per heavy atom. The lowest BCUT2D eigenvalue weighted by molar-refractivity contribution is 0.426. The quantitative estimate of drug-likeness (QED) is 0.756. The highest BCUT2D eigenvalue weighted by molar-refractivity contribution is 7.99. The van der Waals surface area contributed by atoms with E-state index >= 15 is 0 Å². The Bertz CT molecular complexity index is 504. The average molecular weight is 301 g/mol. The zero-order valence-corrected chi connectivity index (χ0v) is 12.3. The molecule has 0 bridgehead atoms. The van der Waals surface area contributed by atoms with Gasteiger partial charge >= 0.3 is 0 Å². The number of halogens is 1. The van der Waals surface area contributed by atoms with Gasteiger partial charge in [0.25, 0.3) is 5.22 Å². The van der Waals surface area contributed by atoms with Crippen molar-refractivity contribution in [3.05, 3.63) is 40.7 Å². The van der Waals surface area contributed by atoms with Crippen LogP contribution >= 0.6 is 35.1 Å². The van der Waals surface area contributed by atoms with Crippen LogP contribution in [0.5, 0.6) is 0 Å². The number of benzene rings is 1. The van der Waals surface area contributed by atoms with Crippen LogP contribution in [0, 0.1) is 0 Å². The third-order valence-electron chi connectivity index (χ3n) is 2.27. The summed E-state index contributed by atoms with van der Waals surface area (Å²) in [6, 6.07) is 7.88. The molecule has 3 nitrogen and oxygen atoms in total. The molecule has 0 N–H and O–H groups in total. The molecule has 96 valence electrons. The van der Waals surface area contributed by atoms with Crippen LogP contribution in [0.4, 0.5) is 0 Å². The van der Waals surface area contributed by atoms with Crippen LogP contribution in [0.15, 0.2) is 33.9 Å². The van der Waals surface area contributed by atoms with E-state index < -0.39 is 0 Å². The number of nitrogens with zero attached hydrogens (tertiary/aromatic N) is 2. The monoisotopic (exact) mass is 300 g/mol. The minimum absolute atomic E-state index is 0.631. The van der Waals surface area contributed by atoms with Crippen molar-refractivity contribution >= 4 is 35.1 Å². The molecule has 0 radical (unpaired) electrons. The van der Waals surface area contributed by atoms with Crippen molar-refractivity contribution in [1.29, 1.82) is 0 Å². The van der Waals surface area contributed by atoms with Gasteiger partial charge in [-0.05, 0) is 24.3 Å². The van der Waals surface area contributed by atoms with Crippen molar-refractivity contribution in [2.45, 2.75) is 17.4 Å². The molecule has 1 aromatic carbocycles. The molecule has 2 rings (SSSR count). The van der Waals surface area contributed by atoms with Gasteiger partial charge in [-0.15, -0.1) is 10.2 Å². The van der Waals surface area contributed by atoms with E-state index in [2.05, 4.69) is 10.2 Å². The molecule has 0 fully saturated rings. The van der Waals surface area contributed by atoms with E-state index in [4.69, 9.17) is 16.0 Å². The van der Waals surface area contributed by atoms with Crippen molar-refractivity contribution < 1.29 is 4.42 Å². The fraction of sp³-hybridized carbons (Fsp3) is 0.333. The second-order valence-electron chi connectivity index (χ2n) is 3.58. The molecule has 0 saturated heterocycles. The molecule has 18 heavy (non-hydrogen) atoms. The van der Waals surface area contributed by atoms with Gasteiger partial charge in [-0.2, -0.15) is 11.8 Å². The van der Waals surface area contributed by atoms with E-state index in [1.807, 2.05) is 30.5 Å². The molecule has 0 amide bonds. The molecule has 0 aliphatic carbocycles. The van der Waals surface area contributed by atoms with Gasteiger partial charge in [-0.3, -0.25) is 0 Å². The third-order valence-corrected chi connectivity index (χ3v) is 4.00. The summed E-state index contributed by atoms with van der Waals surface area (Å²) in [6.07, 6.45) is 2.90. The summed E-state index contributed by atoms with van der Waals surface area (Å²) in [6.45, 7) is 0. The average Bonchev–Trinajstić information content (AvgIpc) is 2.80. The molecule has 0 aliphatic heterocycles. The van der Waals surface area contributed by atoms with Crippen LogP contribution in [0.1, 0.15) is 11.5 Å². The Balaban J connectivity index is 1.83. The minimum atomic E-state index is 0.631. The van der Waals surface area contributed by atoms with Gasteiger partial charge in [0.1, 0.15) is 0 Å². The first-order valence-corrected chi connectivity index (χ1v) is 8.23. The van der Waals surface area contributed by atoms with Crippen molar-refractivity contribution in [3.63, 3.8) is 0 Å². The Kier molecular flexibility index (Phi) is 5.41. The molecule has 2 aromatic rings. The summed E-state index contributed by atoms with van der Waals surface area (Å²) in [5.74, 6) is 2.32. The van der Waals surface area contributed by atoms with Gasteiger partial charge in [0.2, 0.25) is 5.89 Å². The highest BCUT2D eigenvalue weighted by Gasteiger charge is 2.06. The van der Waals surface area contributed by atoms with Crippen molar-refractivity contribution in [2.24, 2.45) is 0 Å². The second kappa shape index (κ2) is 7.07. The van der Waals surface area contributed by atoms with Crippen LogP contribution in [0.2, 0.25) is 5.02 Å². The maximum Gasteiger partial charge on any atom is 0.276 e. The molecule has 6 heteroatoms. The van der Waals surface area contributed by atoms with E-state index in [-0.39, 0.29) is 0 Å². The maximum absolute atomic E-state index is 6.09. The molecule has 0 atom stereocenters. The summed E-state index contributed by atoms with van der Waals surface area (Å²) < 4.78 is 5.48. The van der Waals surface area contributed by atoms with Gasteiger partial charge in [-0.25, -0.2) is 0 Å². The number of hydrogen-bond donors (Lipinski definition) is 0. The van der Waals surface area contributed by atoms with E-state index in [1.54, 1.807) is 23.5 Å². The zero-order valence-electron chi connectivity index (χ0n) is 9.93. The van der Waals surface area contributed by atoms with E-state index in [1.165, 1.54) is 0 Å². The highest BCUT2D eigenvalue weighted by atomic mass is 35.5. The van der Waals surface area contributed by atoms with Crippen molar-refractivity contribution in [3.8, 4) is 0 Å². The fourth-order valence-corrected chi connectivity index (χ4v) is 2.77. The first kappa shape index (κ1) is 13.8. The first-order valence-electron chi connectivity index (χ1n) is 5.47. The lowest BCUT2D eigenvalue weighted by Crippen LogP contribution is -1.89. The number of rotatable bonds is 6. The van der Waals surface area contributed by atoms with Crippen LogP contribution < -0.4 is 0 Å². The summed E-state index contributed by atoms with van der Waals surface area (Å²) >= 11 is 9.32. The van der Waals surface area contributed by atoms with Gasteiger partial charge in [0.05, 0.1) is 5.75 Å². The Labute approximate surface area is 120 Å². The molecule has 1 heterocycles. The van der Waals surface area contributed by atoms with Gasteiger partial charge in [-0.1, -0.05) is 41.6 Å². The molecular formula is C12H13ClN2OS2. The SMILES string of the molecule is CSCc1nnc(SCCc2ccccc2Cl)o1. The van der Waals surface area contributed by atoms with Crippen LogP contribution in [-0.4, -0.2) is 22.2 Å². The lowest BCUT2D eigenvalue weighted by atomic mass is 10.2. The number of aromatic nitrogens is 2. The standard InChI is InChI=1S/C12H13ClN2OS2/c1-17-8-11-14-15-12(16-11)18-7-6-9-4-2-3-5-10(9)13/h2-5H,6-8H2,1H3. The molecule has 1 aromatic heterocycles. The Morgan fingerprint density at radius 2 is 2.11 bits per heavy atom. The number of thioether (sulfide) groups is 2. The highest BCUT2D eigenvalue weighted by Crippen LogP contribution is 2.21. The van der Waals surface area contributed by atoms with E-state index in [0.717, 1.165) is 28.5 Å². The topological polar surface area (TPSA) is 38.9 Å². The van der Waals surface area contributed by atoms with Crippen LogP contribution in [0.25, 0.3) is 0 Å². The van der Waals surface area contributed by atoms with Crippen molar-refractivity contribution in [2.75, 3.05) is 12.0 Å². The van der Waals surface area contributed by atoms with Crippen LogP contribution in [-0.2, 0) is 12.2 Å². The maximum atomic E-state index is 6.09. The van der Waals surface area contributed by atoms with E-state index in [9.17, 15) is 0 Å². The number of aryl methyl sites for hydroxylation is 1. The third kappa shape index (κ3) is 3.93. The molecule has 0 spiro atoms. The van der Waals surface area contributed by atoms with Gasteiger partial charge < -0.3 is 4.42 Å². The first-order chi connectivity index (χ1) is 8.79. The minimum Gasteiger partial charge on any atom is -0.415 e. The molecule has 0 aliphatic rings. The van der Waals surface area contributed by atoms with Gasteiger partial charge in [0, 0.05) is 10.8 Å². The molecular weight excluding hydrogens is 288 g/mol. The molecule has 0 unspecified atom stereocenters. The number of hydrogen-bond acceptors (Lipinski definition) is 5. The predicted octanol–water partition coefficient (Wildman–Crippen LogP) is 3.92. The smallest absolute Gasteiger partial charge is 0.276 e. The summed E-state index contributed by atoms with van der Waals surface area (Å²) in [7, 11) is 0. The zero-order chi connectivity index (χ0) is 12.8. The fourth-order valence-electron chi connectivity index (χ4n) is 1.43. The predicted molar refractivity (Wildman–Crippen MR) is 77.4 cm³/mol. The largest absolute Gasteiger partial charge is 0.415 e. The van der Waals surface area contributed by atoms with E-state index in [0.29, 0.717) is 11.1 Å². The Morgan fingerprint density at radius 1 is 1.28 bits per heavy atom.